The van der Waals surface area contributed by atoms with Gasteiger partial charge in [0.15, 0.2) is 0 Å². The molecule has 6 aromatic rings. The molecule has 184 valence electrons. The van der Waals surface area contributed by atoms with Crippen LogP contribution in [0.5, 0.6) is 0 Å². The molecule has 1 unspecified atom stereocenters. The lowest BCUT2D eigenvalue weighted by Gasteiger charge is -2.34. The lowest BCUT2D eigenvalue weighted by atomic mass is 10.0. The van der Waals surface area contributed by atoms with Gasteiger partial charge in [0.2, 0.25) is 0 Å². The minimum Gasteiger partial charge on any atom is -0.334 e. The SMILES string of the molecule is C1=CCC(N(C2=CCCC=C2)c2ccc3sc4c(c3c2)c2c3ccccc3sc2n4-c2ccccc2)C=C1. The average molecular weight is 527 g/mol. The fourth-order valence-corrected chi connectivity index (χ4v) is 8.54. The monoisotopic (exact) mass is 526 g/mol. The van der Waals surface area contributed by atoms with E-state index < -0.39 is 0 Å². The summed E-state index contributed by atoms with van der Waals surface area (Å²) >= 11 is 3.81. The highest BCUT2D eigenvalue weighted by Gasteiger charge is 2.24. The van der Waals surface area contributed by atoms with Gasteiger partial charge in [-0.15, -0.1) is 22.7 Å². The number of allylic oxidation sites excluding steroid dienone is 5. The van der Waals surface area contributed by atoms with Crippen molar-refractivity contribution in [3.05, 3.63) is 121 Å². The molecule has 3 aromatic carbocycles. The van der Waals surface area contributed by atoms with Gasteiger partial charge in [0.1, 0.15) is 9.66 Å². The van der Waals surface area contributed by atoms with Gasteiger partial charge in [0, 0.05) is 48.0 Å². The smallest absolute Gasteiger partial charge is 0.110 e. The van der Waals surface area contributed by atoms with Crippen LogP contribution in [0.4, 0.5) is 5.69 Å². The molecule has 1 atom stereocenters. The van der Waals surface area contributed by atoms with Gasteiger partial charge in [0.05, 0.1) is 6.04 Å². The van der Waals surface area contributed by atoms with Crippen LogP contribution in [0.15, 0.2) is 121 Å². The van der Waals surface area contributed by atoms with Crippen LogP contribution in [0.1, 0.15) is 19.3 Å². The van der Waals surface area contributed by atoms with E-state index in [1.807, 2.05) is 22.7 Å². The number of thiophene rings is 2. The molecule has 0 fully saturated rings. The third-order valence-corrected chi connectivity index (χ3v) is 10.0. The first kappa shape index (κ1) is 22.2. The second kappa shape index (κ2) is 8.87. The molecule has 0 N–H and O–H groups in total. The average Bonchev–Trinajstić information content (AvgIpc) is 3.62. The topological polar surface area (TPSA) is 8.17 Å². The molecule has 2 aliphatic carbocycles. The molecule has 0 aliphatic heterocycles. The summed E-state index contributed by atoms with van der Waals surface area (Å²) in [4.78, 5) is 5.20. The molecule has 0 spiro atoms. The molecule has 2 aliphatic rings. The van der Waals surface area contributed by atoms with Crippen LogP contribution in [-0.2, 0) is 0 Å². The Bertz CT molecular complexity index is 1960. The fraction of sp³-hybridized carbons (Fsp3) is 0.118. The highest BCUT2D eigenvalue weighted by Crippen LogP contribution is 2.49. The normalized spacial score (nSPS) is 17.3. The van der Waals surface area contributed by atoms with Crippen LogP contribution < -0.4 is 4.90 Å². The largest absolute Gasteiger partial charge is 0.334 e. The van der Waals surface area contributed by atoms with Crippen molar-refractivity contribution in [2.24, 2.45) is 0 Å². The van der Waals surface area contributed by atoms with Crippen molar-refractivity contribution in [1.82, 2.24) is 4.57 Å². The van der Waals surface area contributed by atoms with Crippen LogP contribution in [0.2, 0.25) is 0 Å². The van der Waals surface area contributed by atoms with Crippen molar-refractivity contribution in [3.63, 3.8) is 0 Å². The number of benzene rings is 3. The Balaban J connectivity index is 1.43. The maximum Gasteiger partial charge on any atom is 0.110 e. The Kier molecular flexibility index (Phi) is 5.17. The lowest BCUT2D eigenvalue weighted by molar-refractivity contribution is 0.755. The molecule has 4 heteroatoms. The van der Waals surface area contributed by atoms with Gasteiger partial charge in [-0.2, -0.15) is 0 Å². The minimum absolute atomic E-state index is 0.316. The van der Waals surface area contributed by atoms with Crippen molar-refractivity contribution in [1.29, 1.82) is 0 Å². The second-order valence-corrected chi connectivity index (χ2v) is 12.1. The van der Waals surface area contributed by atoms with Gasteiger partial charge in [-0.1, -0.05) is 72.9 Å². The van der Waals surface area contributed by atoms with Gasteiger partial charge < -0.3 is 4.90 Å². The van der Waals surface area contributed by atoms with Gasteiger partial charge in [-0.05, 0) is 61.7 Å². The van der Waals surface area contributed by atoms with E-state index in [1.165, 1.54) is 57.7 Å². The zero-order chi connectivity index (χ0) is 25.1. The van der Waals surface area contributed by atoms with E-state index >= 15 is 0 Å². The quantitative estimate of drug-likeness (QED) is 0.222. The van der Waals surface area contributed by atoms with Gasteiger partial charge >= 0.3 is 0 Å². The number of anilines is 1. The zero-order valence-electron chi connectivity index (χ0n) is 20.9. The van der Waals surface area contributed by atoms with Crippen LogP contribution in [0.3, 0.4) is 0 Å². The van der Waals surface area contributed by atoms with Crippen molar-refractivity contribution < 1.29 is 0 Å². The van der Waals surface area contributed by atoms with Crippen molar-refractivity contribution >= 4 is 69.0 Å². The molecule has 0 saturated carbocycles. The molecule has 0 saturated heterocycles. The van der Waals surface area contributed by atoms with E-state index in [4.69, 9.17) is 0 Å². The molecular formula is C34H26N2S2. The number of aromatic nitrogens is 1. The summed E-state index contributed by atoms with van der Waals surface area (Å²) in [6, 6.07) is 27.1. The second-order valence-electron chi connectivity index (χ2n) is 10.0. The predicted molar refractivity (Wildman–Crippen MR) is 167 cm³/mol. The molecule has 8 rings (SSSR count). The Morgan fingerprint density at radius 1 is 0.737 bits per heavy atom. The maximum atomic E-state index is 2.54. The molecule has 38 heavy (non-hydrogen) atoms. The molecule has 0 bridgehead atoms. The van der Waals surface area contributed by atoms with Crippen molar-refractivity contribution in [2.75, 3.05) is 4.90 Å². The van der Waals surface area contributed by atoms with Crippen LogP contribution in [0, 0.1) is 0 Å². The van der Waals surface area contributed by atoms with E-state index in [2.05, 4.69) is 125 Å². The molecule has 3 aromatic heterocycles. The first-order valence-electron chi connectivity index (χ1n) is 13.3. The van der Waals surface area contributed by atoms with Crippen molar-refractivity contribution in [3.8, 4) is 5.69 Å². The Hall–Kier alpha value is -3.86. The van der Waals surface area contributed by atoms with Gasteiger partial charge in [-0.25, -0.2) is 0 Å². The minimum atomic E-state index is 0.316. The third-order valence-electron chi connectivity index (χ3n) is 7.72. The number of hydrogen-bond donors (Lipinski definition) is 0. The number of para-hydroxylation sites is 1. The number of fused-ring (bicyclic) bond motifs is 7. The number of rotatable bonds is 4. The third kappa shape index (κ3) is 3.37. The maximum absolute atomic E-state index is 2.54. The summed E-state index contributed by atoms with van der Waals surface area (Å²) in [5.41, 5.74) is 3.80. The molecule has 0 radical (unpaired) electrons. The summed E-state index contributed by atoms with van der Waals surface area (Å²) in [7, 11) is 0. The highest BCUT2D eigenvalue weighted by molar-refractivity contribution is 7.28. The van der Waals surface area contributed by atoms with Crippen LogP contribution in [-0.4, -0.2) is 10.6 Å². The Labute approximate surface area is 229 Å². The van der Waals surface area contributed by atoms with Crippen LogP contribution in [0.25, 0.3) is 46.3 Å². The van der Waals surface area contributed by atoms with E-state index in [0.717, 1.165) is 19.3 Å². The predicted octanol–water partition coefficient (Wildman–Crippen LogP) is 10.1. The molecule has 0 amide bonds. The molecular weight excluding hydrogens is 501 g/mol. The highest BCUT2D eigenvalue weighted by atomic mass is 32.1. The first-order chi connectivity index (χ1) is 18.9. The van der Waals surface area contributed by atoms with Gasteiger partial charge in [0.25, 0.3) is 0 Å². The summed E-state index contributed by atoms with van der Waals surface area (Å²) in [5, 5.41) is 5.48. The standard InChI is InChI=1S/C34H26N2S2/c1-4-12-23(13-5-1)35(24-14-6-2-7-15-24)26-20-21-30-28(22-26)32-31-27-18-10-11-19-29(27)37-33(31)36(34(32)38-30)25-16-8-3-9-17-25/h1,3-6,8-12,14-23H,2,7,13H2. The lowest BCUT2D eigenvalue weighted by Crippen LogP contribution is -2.33. The van der Waals surface area contributed by atoms with Gasteiger partial charge in [-0.3, -0.25) is 4.57 Å². The Morgan fingerprint density at radius 3 is 2.32 bits per heavy atom. The summed E-state index contributed by atoms with van der Waals surface area (Å²) in [6.07, 6.45) is 19.2. The summed E-state index contributed by atoms with van der Waals surface area (Å²) < 4.78 is 5.17. The fourth-order valence-electron chi connectivity index (χ4n) is 6.03. The van der Waals surface area contributed by atoms with E-state index in [0.29, 0.717) is 6.04 Å². The van der Waals surface area contributed by atoms with E-state index in [-0.39, 0.29) is 0 Å². The van der Waals surface area contributed by atoms with E-state index in [9.17, 15) is 0 Å². The number of nitrogens with zero attached hydrogens (tertiary/aromatic N) is 2. The molecule has 3 heterocycles. The summed E-state index contributed by atoms with van der Waals surface area (Å²) in [6.45, 7) is 0. The van der Waals surface area contributed by atoms with Crippen LogP contribution >= 0.6 is 22.7 Å². The Morgan fingerprint density at radius 2 is 1.53 bits per heavy atom. The van der Waals surface area contributed by atoms with Crippen molar-refractivity contribution in [2.45, 2.75) is 25.3 Å². The zero-order valence-corrected chi connectivity index (χ0v) is 22.5. The molecule has 2 nitrogen and oxygen atoms in total. The summed E-state index contributed by atoms with van der Waals surface area (Å²) in [5.74, 6) is 0. The number of hydrogen-bond acceptors (Lipinski definition) is 3. The first-order valence-corrected chi connectivity index (χ1v) is 14.9. The van der Waals surface area contributed by atoms with E-state index in [1.54, 1.807) is 0 Å².